The van der Waals surface area contributed by atoms with E-state index in [1.54, 1.807) is 53.7 Å². The van der Waals surface area contributed by atoms with Crippen molar-refractivity contribution in [2.45, 2.75) is 65.8 Å². The second-order valence-electron chi connectivity index (χ2n) is 8.44. The Balaban J connectivity index is 2.57. The Morgan fingerprint density at radius 2 is 1.07 bits per heavy atom. The van der Waals surface area contributed by atoms with Gasteiger partial charge in [0.05, 0.1) is 10.8 Å². The number of nitrogens with zero attached hydrogens (tertiary/aromatic N) is 2. The van der Waals surface area contributed by atoms with E-state index in [4.69, 9.17) is 9.47 Å². The third-order valence-electron chi connectivity index (χ3n) is 3.55. The highest BCUT2D eigenvalue weighted by molar-refractivity contribution is 5.81. The summed E-state index contributed by atoms with van der Waals surface area (Å²) in [6.07, 6.45) is 0. The molecule has 0 aliphatic heterocycles. The van der Waals surface area contributed by atoms with E-state index in [1.165, 1.54) is 12.1 Å². The summed E-state index contributed by atoms with van der Waals surface area (Å²) in [6, 6.07) is 6.25. The summed E-state index contributed by atoms with van der Waals surface area (Å²) in [6.45, 7) is 9.18. The number of esters is 2. The zero-order valence-corrected chi connectivity index (χ0v) is 17.1. The molecule has 0 N–H and O–H groups in total. The summed E-state index contributed by atoms with van der Waals surface area (Å²) in [5, 5.41) is 0.327. The summed E-state index contributed by atoms with van der Waals surface area (Å²) >= 11 is 0. The van der Waals surface area contributed by atoms with Crippen LogP contribution in [0.15, 0.2) is 33.9 Å². The van der Waals surface area contributed by atoms with Gasteiger partial charge in [-0.1, -0.05) is 12.1 Å². The van der Waals surface area contributed by atoms with Gasteiger partial charge < -0.3 is 9.47 Å². The fourth-order valence-electron chi connectivity index (χ4n) is 2.66. The molecule has 1 aromatic heterocycles. The van der Waals surface area contributed by atoms with Crippen molar-refractivity contribution < 1.29 is 19.1 Å². The number of benzene rings is 1. The van der Waals surface area contributed by atoms with E-state index in [2.05, 4.69) is 0 Å². The first-order chi connectivity index (χ1) is 12.8. The summed E-state index contributed by atoms with van der Waals surface area (Å²) < 4.78 is 12.4. The van der Waals surface area contributed by atoms with Gasteiger partial charge in [-0.15, -0.1) is 0 Å². The van der Waals surface area contributed by atoms with Crippen LogP contribution in [0.1, 0.15) is 41.5 Å². The predicted octanol–water partition coefficient (Wildman–Crippen LogP) is 1.85. The van der Waals surface area contributed by atoms with Gasteiger partial charge >= 0.3 is 11.9 Å². The lowest BCUT2D eigenvalue weighted by Crippen LogP contribution is -2.43. The molecule has 0 radical (unpaired) electrons. The Kier molecular flexibility index (Phi) is 5.82. The predicted molar refractivity (Wildman–Crippen MR) is 104 cm³/mol. The van der Waals surface area contributed by atoms with Crippen LogP contribution in [0, 0.1) is 0 Å². The molecular weight excluding hydrogens is 364 g/mol. The van der Waals surface area contributed by atoms with E-state index in [1.807, 2.05) is 0 Å². The molecule has 28 heavy (non-hydrogen) atoms. The maximum absolute atomic E-state index is 12.9. The van der Waals surface area contributed by atoms with Gasteiger partial charge in [0.15, 0.2) is 0 Å². The fraction of sp³-hybridized carbons (Fsp3) is 0.500. The minimum atomic E-state index is -0.756. The quantitative estimate of drug-likeness (QED) is 0.739. The average Bonchev–Trinajstić information content (AvgIpc) is 2.52. The minimum Gasteiger partial charge on any atom is -0.459 e. The van der Waals surface area contributed by atoms with Crippen LogP contribution < -0.4 is 11.1 Å². The van der Waals surface area contributed by atoms with Crippen LogP contribution >= 0.6 is 0 Å². The second kappa shape index (κ2) is 7.61. The van der Waals surface area contributed by atoms with Crippen LogP contribution in [-0.4, -0.2) is 32.5 Å². The van der Waals surface area contributed by atoms with Crippen LogP contribution in [0.25, 0.3) is 10.8 Å². The SMILES string of the molecule is CC(C)(C)OC(=O)Cn1c(=O)c2ccccc2c(=O)n1CC(=O)OC(C)(C)C. The van der Waals surface area contributed by atoms with E-state index < -0.39 is 47.3 Å². The molecule has 0 amide bonds. The fourth-order valence-corrected chi connectivity index (χ4v) is 2.66. The van der Waals surface area contributed by atoms with Crippen LogP contribution in [0.4, 0.5) is 0 Å². The lowest BCUT2D eigenvalue weighted by Gasteiger charge is -2.23. The van der Waals surface area contributed by atoms with Gasteiger partial charge in [-0.3, -0.25) is 19.2 Å². The molecule has 0 atom stereocenters. The van der Waals surface area contributed by atoms with Gasteiger partial charge in [0, 0.05) is 0 Å². The Morgan fingerprint density at radius 1 is 0.750 bits per heavy atom. The molecule has 2 aromatic rings. The third kappa shape index (κ3) is 5.31. The molecule has 0 saturated carbocycles. The Hall–Kier alpha value is -2.90. The van der Waals surface area contributed by atoms with Crippen LogP contribution in [0.5, 0.6) is 0 Å². The number of carbonyl (C=O) groups is 2. The zero-order chi connectivity index (χ0) is 21.3. The van der Waals surface area contributed by atoms with Gasteiger partial charge in [0.25, 0.3) is 11.1 Å². The van der Waals surface area contributed by atoms with E-state index in [-0.39, 0.29) is 10.8 Å². The number of ether oxygens (including phenoxy) is 2. The maximum Gasteiger partial charge on any atom is 0.328 e. The molecule has 0 saturated heterocycles. The highest BCUT2D eigenvalue weighted by atomic mass is 16.6. The number of fused-ring (bicyclic) bond motifs is 1. The van der Waals surface area contributed by atoms with Crippen molar-refractivity contribution in [2.75, 3.05) is 0 Å². The van der Waals surface area contributed by atoms with Gasteiger partial charge in [-0.05, 0) is 53.7 Å². The Morgan fingerprint density at radius 3 is 1.36 bits per heavy atom. The molecule has 2 rings (SSSR count). The molecule has 0 aliphatic rings. The molecule has 152 valence electrons. The van der Waals surface area contributed by atoms with Gasteiger partial charge in [-0.2, -0.15) is 0 Å². The van der Waals surface area contributed by atoms with E-state index in [0.29, 0.717) is 0 Å². The number of carbonyl (C=O) groups excluding carboxylic acids is 2. The second-order valence-corrected chi connectivity index (χ2v) is 8.44. The molecule has 0 spiro atoms. The lowest BCUT2D eigenvalue weighted by atomic mass is 10.2. The molecule has 1 aromatic carbocycles. The average molecular weight is 390 g/mol. The molecule has 0 bridgehead atoms. The van der Waals surface area contributed by atoms with Crippen molar-refractivity contribution in [3.63, 3.8) is 0 Å². The van der Waals surface area contributed by atoms with Crippen LogP contribution in [0.2, 0.25) is 0 Å². The molecule has 0 aliphatic carbocycles. The smallest absolute Gasteiger partial charge is 0.328 e. The first-order valence-electron chi connectivity index (χ1n) is 8.95. The number of hydrogen-bond acceptors (Lipinski definition) is 6. The van der Waals surface area contributed by atoms with Crippen molar-refractivity contribution in [1.82, 2.24) is 9.36 Å². The van der Waals surface area contributed by atoms with E-state index in [9.17, 15) is 19.2 Å². The van der Waals surface area contributed by atoms with E-state index in [0.717, 1.165) is 9.36 Å². The zero-order valence-electron chi connectivity index (χ0n) is 17.1. The third-order valence-corrected chi connectivity index (χ3v) is 3.55. The monoisotopic (exact) mass is 390 g/mol. The molecule has 1 heterocycles. The van der Waals surface area contributed by atoms with Crippen molar-refractivity contribution >= 4 is 22.7 Å². The van der Waals surface area contributed by atoms with Gasteiger partial charge in [0.2, 0.25) is 0 Å². The lowest BCUT2D eigenvalue weighted by molar-refractivity contribution is -0.159. The molecule has 0 fully saturated rings. The number of aromatic nitrogens is 2. The van der Waals surface area contributed by atoms with Crippen molar-refractivity contribution in [2.24, 2.45) is 0 Å². The van der Waals surface area contributed by atoms with Crippen molar-refractivity contribution in [3.05, 3.63) is 45.0 Å². The molecule has 8 heteroatoms. The standard InChI is InChI=1S/C20H26N2O6/c1-19(2,3)27-15(23)11-21-17(25)13-9-7-8-10-14(13)18(26)22(21)12-16(24)28-20(4,5)6/h7-10H,11-12H2,1-6H3. The Bertz CT molecular complexity index is 936. The minimum absolute atomic E-state index is 0.163. The maximum atomic E-state index is 12.9. The summed E-state index contributed by atoms with van der Waals surface area (Å²) in [5.74, 6) is -1.38. The van der Waals surface area contributed by atoms with Crippen molar-refractivity contribution in [1.29, 1.82) is 0 Å². The highest BCUT2D eigenvalue weighted by Crippen LogP contribution is 2.10. The first-order valence-corrected chi connectivity index (χ1v) is 8.95. The molecular formula is C20H26N2O6. The van der Waals surface area contributed by atoms with Crippen molar-refractivity contribution in [3.8, 4) is 0 Å². The largest absolute Gasteiger partial charge is 0.459 e. The van der Waals surface area contributed by atoms with Gasteiger partial charge in [0.1, 0.15) is 24.3 Å². The molecule has 0 unspecified atom stereocenters. The van der Waals surface area contributed by atoms with Crippen LogP contribution in [0.3, 0.4) is 0 Å². The topological polar surface area (TPSA) is 96.6 Å². The number of rotatable bonds is 4. The summed E-state index contributed by atoms with van der Waals surface area (Å²) in [7, 11) is 0. The summed E-state index contributed by atoms with van der Waals surface area (Å²) in [5.41, 5.74) is -2.64. The highest BCUT2D eigenvalue weighted by Gasteiger charge is 2.23. The van der Waals surface area contributed by atoms with Crippen LogP contribution in [-0.2, 0) is 32.2 Å². The van der Waals surface area contributed by atoms with Gasteiger partial charge in [-0.25, -0.2) is 9.36 Å². The Labute approximate surface area is 162 Å². The normalized spacial score (nSPS) is 12.1. The first kappa shape index (κ1) is 21.4. The van der Waals surface area contributed by atoms with E-state index >= 15 is 0 Å². The molecule has 8 nitrogen and oxygen atoms in total. The summed E-state index contributed by atoms with van der Waals surface area (Å²) in [4.78, 5) is 50.4. The number of hydrogen-bond donors (Lipinski definition) is 0.